The summed E-state index contributed by atoms with van der Waals surface area (Å²) in [5.74, 6) is -0.518. The second-order valence-corrected chi connectivity index (χ2v) is 17.2. The molecule has 30 heteroatoms. The van der Waals surface area contributed by atoms with Gasteiger partial charge in [0.05, 0.1) is 32.2 Å². The Morgan fingerprint density at radius 2 is 1.57 bits per heavy atom. The fourth-order valence-corrected chi connectivity index (χ4v) is 10.1. The van der Waals surface area contributed by atoms with Crippen LogP contribution in [-0.2, 0) is 43.4 Å². The number of imidazole rings is 2. The zero-order valence-corrected chi connectivity index (χ0v) is 29.7. The lowest BCUT2D eigenvalue weighted by atomic mass is 10.1. The predicted octanol–water partition coefficient (Wildman–Crippen LogP) is -3.70. The molecule has 0 radical (unpaired) electrons. The molecule has 7 unspecified atom stereocenters. The SMILES string of the molecule is Cn1c[n+]([C@@H]2O[C@H](COP(=O)(O)OP(=O)(O)OP(=O)(O)CCC[C@H]3O[C@@H](n4cnc5c(=O)[nH]c(N)nc54)C(O)C3O)C(O)C2O)c2nc(N)[nH]c(=O)c21. The van der Waals surface area contributed by atoms with Crippen molar-refractivity contribution in [3.63, 3.8) is 0 Å². The second kappa shape index (κ2) is 14.3. The van der Waals surface area contributed by atoms with Crippen LogP contribution in [0.25, 0.3) is 22.3 Å². The highest BCUT2D eigenvalue weighted by Crippen LogP contribution is 2.67. The van der Waals surface area contributed by atoms with E-state index < -0.39 is 96.2 Å². The minimum Gasteiger partial charge on any atom is -0.388 e. The van der Waals surface area contributed by atoms with Crippen LogP contribution in [0, 0.1) is 0 Å². The molecule has 4 aromatic rings. The van der Waals surface area contributed by atoms with Gasteiger partial charge < -0.3 is 56.0 Å². The lowest BCUT2D eigenvalue weighted by Crippen LogP contribution is -2.46. The number of H-pyrrole nitrogens is 2. The van der Waals surface area contributed by atoms with Crippen LogP contribution in [0.3, 0.4) is 0 Å². The number of aliphatic hydroxyl groups excluding tert-OH is 4. The van der Waals surface area contributed by atoms with Gasteiger partial charge >= 0.3 is 28.9 Å². The van der Waals surface area contributed by atoms with Crippen molar-refractivity contribution in [1.82, 2.24) is 34.1 Å². The number of ether oxygens (including phenoxy) is 2. The van der Waals surface area contributed by atoms with Crippen molar-refractivity contribution in [3.05, 3.63) is 33.4 Å². The number of anilines is 2. The van der Waals surface area contributed by atoms with Gasteiger partial charge in [0.25, 0.3) is 17.1 Å². The normalized spacial score (nSPS) is 29.7. The second-order valence-electron chi connectivity index (χ2n) is 12.0. The van der Waals surface area contributed by atoms with E-state index in [9.17, 15) is 58.4 Å². The molecule has 292 valence electrons. The molecule has 13 N–H and O–H groups in total. The number of hydrogen-bond acceptors (Lipinski definition) is 19. The summed E-state index contributed by atoms with van der Waals surface area (Å²) in [5, 5.41) is 42.2. The lowest BCUT2D eigenvalue weighted by molar-refractivity contribution is -0.745. The van der Waals surface area contributed by atoms with Crippen LogP contribution in [0.2, 0.25) is 0 Å². The molecule has 11 atom stereocenters. The smallest absolute Gasteiger partial charge is 0.388 e. The number of aliphatic hydroxyl groups is 4. The van der Waals surface area contributed by atoms with Gasteiger partial charge in [-0.2, -0.15) is 9.29 Å². The van der Waals surface area contributed by atoms with Crippen LogP contribution < -0.4 is 27.2 Å². The first-order valence-corrected chi connectivity index (χ1v) is 20.0. The van der Waals surface area contributed by atoms with Crippen LogP contribution in [0.4, 0.5) is 11.9 Å². The average molecular weight is 816 g/mol. The first-order valence-electron chi connectivity index (χ1n) is 15.2. The third-order valence-corrected chi connectivity index (χ3v) is 13.1. The third kappa shape index (κ3) is 8.00. The fraction of sp³-hybridized carbons (Fsp3) is 0.565. The van der Waals surface area contributed by atoms with Crippen molar-refractivity contribution in [2.24, 2.45) is 7.05 Å². The standard InChI is InChI=1S/C23H33N10O17P3/c1-31-7-33(17-11(31)19(39)30-23(25)28-17)21-15(37)13(35)9(48-21)5-46-52(42,43)50-53(44,45)49-51(40,41)4-2-3-8-12(34)14(36)20(47-8)32-6-26-10-16(32)27-22(24)29-18(10)38/h6-9,12-15,20-21,34-37H,2-5H2,1H3,(H8-,24,25,27,28,29,30,38,39,40,41,42,43,44,45)/p+1/t8-,9-,12?,13?,14?,15?,20-,21-/m1/s1. The van der Waals surface area contributed by atoms with E-state index in [1.54, 1.807) is 0 Å². The van der Waals surface area contributed by atoms with Crippen LogP contribution in [0.15, 0.2) is 22.2 Å². The first kappa shape index (κ1) is 39.2. The van der Waals surface area contributed by atoms with Gasteiger partial charge in [-0.25, -0.2) is 23.0 Å². The van der Waals surface area contributed by atoms with Gasteiger partial charge in [0.2, 0.25) is 17.7 Å². The highest BCUT2D eigenvalue weighted by atomic mass is 31.3. The van der Waals surface area contributed by atoms with Crippen LogP contribution in [0.1, 0.15) is 25.3 Å². The van der Waals surface area contributed by atoms with Crippen LogP contribution in [-0.4, -0.2) is 119 Å². The molecular formula is C23H34N10O17P3+. The largest absolute Gasteiger partial charge is 0.488 e. The molecule has 2 fully saturated rings. The van der Waals surface area contributed by atoms with Gasteiger partial charge in [0.1, 0.15) is 30.5 Å². The maximum atomic E-state index is 12.6. The Labute approximate surface area is 294 Å². The molecule has 0 amide bonds. The summed E-state index contributed by atoms with van der Waals surface area (Å²) in [5.41, 5.74) is 9.70. The number of nitrogens with one attached hydrogen (secondary N) is 2. The van der Waals surface area contributed by atoms with Crippen molar-refractivity contribution in [3.8, 4) is 0 Å². The van der Waals surface area contributed by atoms with E-state index >= 15 is 0 Å². The molecule has 53 heavy (non-hydrogen) atoms. The predicted molar refractivity (Wildman–Crippen MR) is 172 cm³/mol. The molecule has 0 spiro atoms. The number of nitrogens with zero attached hydrogens (tertiary/aromatic N) is 6. The molecule has 2 saturated heterocycles. The minimum absolute atomic E-state index is 0.0254. The molecule has 0 aliphatic carbocycles. The monoisotopic (exact) mass is 815 g/mol. The number of nitrogen functional groups attached to an aromatic ring is 2. The first-order chi connectivity index (χ1) is 24.7. The van der Waals surface area contributed by atoms with Gasteiger partial charge in [0, 0.05) is 0 Å². The maximum absolute atomic E-state index is 12.6. The zero-order chi connectivity index (χ0) is 38.8. The van der Waals surface area contributed by atoms with Crippen molar-refractivity contribution < 1.29 is 76.0 Å². The van der Waals surface area contributed by atoms with E-state index in [2.05, 4.69) is 38.1 Å². The number of phosphoric ester groups is 1. The van der Waals surface area contributed by atoms with E-state index in [0.717, 1.165) is 15.5 Å². The summed E-state index contributed by atoms with van der Waals surface area (Å²) in [6.45, 7) is -1.04. The van der Waals surface area contributed by atoms with Crippen molar-refractivity contribution >= 4 is 57.5 Å². The lowest BCUT2D eigenvalue weighted by Gasteiger charge is -2.20. The van der Waals surface area contributed by atoms with E-state index in [-0.39, 0.29) is 47.1 Å². The number of aromatic amines is 2. The highest BCUT2D eigenvalue weighted by Gasteiger charge is 2.49. The van der Waals surface area contributed by atoms with Crippen molar-refractivity contribution in [1.29, 1.82) is 0 Å². The summed E-state index contributed by atoms with van der Waals surface area (Å²) < 4.78 is 65.6. The number of aryl methyl sites for hydroxylation is 1. The van der Waals surface area contributed by atoms with E-state index in [4.69, 9.17) is 20.9 Å². The highest BCUT2D eigenvalue weighted by molar-refractivity contribution is 7.68. The summed E-state index contributed by atoms with van der Waals surface area (Å²) in [4.78, 5) is 71.1. The Hall–Kier alpha value is -3.49. The Kier molecular flexibility index (Phi) is 10.6. The molecule has 27 nitrogen and oxygen atoms in total. The van der Waals surface area contributed by atoms with E-state index in [1.165, 1.54) is 17.9 Å². The number of fused-ring (bicyclic) bond motifs is 2. The molecule has 4 aromatic heterocycles. The Bertz CT molecular complexity index is 2300. The quantitative estimate of drug-likeness (QED) is 0.0457. The number of nitrogens with two attached hydrogens (primary N) is 2. The van der Waals surface area contributed by atoms with Gasteiger partial charge in [-0.05, 0) is 12.8 Å². The molecule has 6 rings (SSSR count). The van der Waals surface area contributed by atoms with Crippen LogP contribution >= 0.6 is 23.2 Å². The van der Waals surface area contributed by atoms with E-state index in [1.807, 2.05) is 0 Å². The molecule has 0 aromatic carbocycles. The van der Waals surface area contributed by atoms with Crippen molar-refractivity contribution in [2.75, 3.05) is 24.2 Å². The number of rotatable bonds is 13. The van der Waals surface area contributed by atoms with Gasteiger partial charge in [-0.15, -0.1) is 0 Å². The van der Waals surface area contributed by atoms with Crippen molar-refractivity contribution in [2.45, 2.75) is 61.9 Å². The van der Waals surface area contributed by atoms with Gasteiger partial charge in [-0.3, -0.25) is 37.8 Å². The number of hydrogen-bond donors (Lipinski definition) is 11. The third-order valence-electron chi connectivity index (χ3n) is 8.23. The Morgan fingerprint density at radius 1 is 0.906 bits per heavy atom. The van der Waals surface area contributed by atoms with Gasteiger partial charge in [0.15, 0.2) is 23.7 Å². The average Bonchev–Trinajstić information content (AvgIpc) is 3.75. The summed E-state index contributed by atoms with van der Waals surface area (Å²) in [7, 11) is -15.0. The topological polar surface area (TPSA) is 409 Å². The maximum Gasteiger partial charge on any atom is 0.488 e. The molecule has 2 aliphatic heterocycles. The molecule has 0 bridgehead atoms. The molecular weight excluding hydrogens is 781 g/mol. The number of aromatic nitrogens is 8. The minimum atomic E-state index is -5.82. The summed E-state index contributed by atoms with van der Waals surface area (Å²) >= 11 is 0. The molecule has 6 heterocycles. The Balaban J connectivity index is 1.02. The summed E-state index contributed by atoms with van der Waals surface area (Å²) in [6, 6.07) is 0. The molecule has 0 saturated carbocycles. The van der Waals surface area contributed by atoms with Crippen LogP contribution in [0.5, 0.6) is 0 Å². The number of phosphoric acid groups is 2. The fourth-order valence-electron chi connectivity index (χ4n) is 5.91. The van der Waals surface area contributed by atoms with Gasteiger partial charge in [-0.1, -0.05) is 4.98 Å². The molecule has 2 aliphatic rings. The zero-order valence-electron chi connectivity index (χ0n) is 27.0. The van der Waals surface area contributed by atoms with E-state index in [0.29, 0.717) is 0 Å². The summed E-state index contributed by atoms with van der Waals surface area (Å²) in [6.07, 6.45) is -11.1. The Morgan fingerprint density at radius 3 is 2.28 bits per heavy atom.